The summed E-state index contributed by atoms with van der Waals surface area (Å²) in [5.41, 5.74) is 9.54. The van der Waals surface area contributed by atoms with E-state index in [1.54, 1.807) is 12.1 Å². The van der Waals surface area contributed by atoms with Crippen molar-refractivity contribution in [2.45, 2.75) is 13.0 Å². The Hall–Kier alpha value is -2.19. The number of hydrogen-bond donors (Lipinski definition) is 1. The van der Waals surface area contributed by atoms with Gasteiger partial charge in [-0.3, -0.25) is 0 Å². The van der Waals surface area contributed by atoms with Gasteiger partial charge in [0.1, 0.15) is 5.82 Å². The molecule has 0 saturated heterocycles. The van der Waals surface area contributed by atoms with Crippen LogP contribution >= 0.6 is 0 Å². The second kappa shape index (κ2) is 5.06. The molecule has 0 bridgehead atoms. The largest absolute Gasteiger partial charge is 0.320 e. The highest BCUT2D eigenvalue weighted by Gasteiger charge is 2.13. The van der Waals surface area contributed by atoms with Gasteiger partial charge in [0, 0.05) is 5.39 Å². The third-order valence-corrected chi connectivity index (χ3v) is 3.68. The average molecular weight is 265 g/mol. The zero-order valence-corrected chi connectivity index (χ0v) is 11.3. The van der Waals surface area contributed by atoms with Crippen LogP contribution in [0.3, 0.4) is 0 Å². The van der Waals surface area contributed by atoms with Crippen LogP contribution in [0.4, 0.5) is 4.39 Å². The van der Waals surface area contributed by atoms with Gasteiger partial charge in [0.15, 0.2) is 0 Å². The average Bonchev–Trinajstić information content (AvgIpc) is 2.48. The first-order chi connectivity index (χ1) is 9.66. The molecular weight excluding hydrogens is 249 g/mol. The summed E-state index contributed by atoms with van der Waals surface area (Å²) in [7, 11) is 0. The molecule has 0 aliphatic rings. The van der Waals surface area contributed by atoms with Crippen molar-refractivity contribution in [2.24, 2.45) is 5.73 Å². The van der Waals surface area contributed by atoms with E-state index in [1.807, 2.05) is 49.4 Å². The highest BCUT2D eigenvalue weighted by Crippen LogP contribution is 2.29. The molecule has 0 radical (unpaired) electrons. The smallest absolute Gasteiger partial charge is 0.131 e. The van der Waals surface area contributed by atoms with Crippen LogP contribution in [-0.4, -0.2) is 0 Å². The van der Waals surface area contributed by atoms with E-state index in [-0.39, 0.29) is 11.9 Å². The lowest BCUT2D eigenvalue weighted by molar-refractivity contribution is 0.639. The highest BCUT2D eigenvalue weighted by molar-refractivity contribution is 5.87. The van der Waals surface area contributed by atoms with E-state index in [1.165, 1.54) is 11.6 Å². The second-order valence-corrected chi connectivity index (χ2v) is 5.07. The van der Waals surface area contributed by atoms with Crippen LogP contribution in [-0.2, 0) is 0 Å². The van der Waals surface area contributed by atoms with Crippen molar-refractivity contribution in [1.82, 2.24) is 0 Å². The summed E-state index contributed by atoms with van der Waals surface area (Å²) in [5, 5.41) is 1.49. The zero-order chi connectivity index (χ0) is 14.1. The van der Waals surface area contributed by atoms with E-state index in [0.29, 0.717) is 5.39 Å². The Balaban J connectivity index is 2.14. The number of hydrogen-bond acceptors (Lipinski definition) is 1. The fraction of sp³-hybridized carbons (Fsp3) is 0.111. The Morgan fingerprint density at radius 1 is 0.850 bits per heavy atom. The quantitative estimate of drug-likeness (QED) is 0.733. The summed E-state index contributed by atoms with van der Waals surface area (Å²) in [6.45, 7) is 2.04. The molecule has 0 aliphatic carbocycles. The van der Waals surface area contributed by atoms with Crippen LogP contribution < -0.4 is 5.73 Å². The standard InChI is InChI=1S/C18H16FN/c1-12-6-8-13(9-7-12)18(20)16-10-11-17(19)15-5-3-2-4-14(15)16/h2-11,18H,20H2,1H3. The molecule has 0 aliphatic heterocycles. The molecule has 0 heterocycles. The van der Waals surface area contributed by atoms with Crippen molar-refractivity contribution in [3.8, 4) is 0 Å². The number of rotatable bonds is 2. The van der Waals surface area contributed by atoms with Crippen molar-refractivity contribution in [3.05, 3.63) is 83.2 Å². The SMILES string of the molecule is Cc1ccc(C(N)c2ccc(F)c3ccccc23)cc1. The monoisotopic (exact) mass is 265 g/mol. The summed E-state index contributed by atoms with van der Waals surface area (Å²) < 4.78 is 13.8. The van der Waals surface area contributed by atoms with Crippen molar-refractivity contribution < 1.29 is 4.39 Å². The predicted molar refractivity (Wildman–Crippen MR) is 81.1 cm³/mol. The zero-order valence-electron chi connectivity index (χ0n) is 11.3. The van der Waals surface area contributed by atoms with Crippen LogP contribution in [0, 0.1) is 12.7 Å². The van der Waals surface area contributed by atoms with Crippen LogP contribution in [0.5, 0.6) is 0 Å². The number of fused-ring (bicyclic) bond motifs is 1. The molecule has 2 heteroatoms. The normalized spacial score (nSPS) is 12.6. The fourth-order valence-electron chi connectivity index (χ4n) is 2.51. The highest BCUT2D eigenvalue weighted by atomic mass is 19.1. The number of nitrogens with two attached hydrogens (primary N) is 1. The Morgan fingerprint density at radius 2 is 1.50 bits per heavy atom. The Labute approximate surface area is 117 Å². The third kappa shape index (κ3) is 2.19. The van der Waals surface area contributed by atoms with Gasteiger partial charge in [0.2, 0.25) is 0 Å². The van der Waals surface area contributed by atoms with Crippen LogP contribution in [0.2, 0.25) is 0 Å². The molecule has 1 atom stereocenters. The summed E-state index contributed by atoms with van der Waals surface area (Å²) >= 11 is 0. The number of aryl methyl sites for hydroxylation is 1. The van der Waals surface area contributed by atoms with Crippen molar-refractivity contribution in [1.29, 1.82) is 0 Å². The summed E-state index contributed by atoms with van der Waals surface area (Å²) in [6, 6.07) is 18.6. The van der Waals surface area contributed by atoms with E-state index >= 15 is 0 Å². The van der Waals surface area contributed by atoms with E-state index in [2.05, 4.69) is 0 Å². The number of halogens is 1. The molecule has 0 aromatic heterocycles. The van der Waals surface area contributed by atoms with Gasteiger partial charge in [0.25, 0.3) is 0 Å². The topological polar surface area (TPSA) is 26.0 Å². The molecule has 3 aromatic rings. The van der Waals surface area contributed by atoms with E-state index in [0.717, 1.165) is 16.5 Å². The molecule has 1 unspecified atom stereocenters. The lowest BCUT2D eigenvalue weighted by Crippen LogP contribution is -2.12. The first-order valence-electron chi connectivity index (χ1n) is 6.66. The predicted octanol–water partition coefficient (Wildman–Crippen LogP) is 4.34. The van der Waals surface area contributed by atoms with Gasteiger partial charge >= 0.3 is 0 Å². The summed E-state index contributed by atoms with van der Waals surface area (Å²) in [6.07, 6.45) is 0. The van der Waals surface area contributed by atoms with Gasteiger partial charge in [0.05, 0.1) is 6.04 Å². The molecule has 0 fully saturated rings. The number of benzene rings is 3. The molecule has 0 saturated carbocycles. The first kappa shape index (κ1) is 12.8. The van der Waals surface area contributed by atoms with E-state index < -0.39 is 0 Å². The van der Waals surface area contributed by atoms with Crippen LogP contribution in [0.1, 0.15) is 22.7 Å². The molecule has 0 amide bonds. The van der Waals surface area contributed by atoms with Gasteiger partial charge in [-0.2, -0.15) is 0 Å². The van der Waals surface area contributed by atoms with Gasteiger partial charge in [-0.15, -0.1) is 0 Å². The molecule has 0 spiro atoms. The Kier molecular flexibility index (Phi) is 3.25. The van der Waals surface area contributed by atoms with Crippen molar-refractivity contribution in [2.75, 3.05) is 0 Å². The molecule has 2 N–H and O–H groups in total. The van der Waals surface area contributed by atoms with Crippen LogP contribution in [0.15, 0.2) is 60.7 Å². The lowest BCUT2D eigenvalue weighted by atomic mass is 9.94. The lowest BCUT2D eigenvalue weighted by Gasteiger charge is -2.16. The van der Waals surface area contributed by atoms with Gasteiger partial charge in [-0.1, -0.05) is 60.2 Å². The summed E-state index contributed by atoms with van der Waals surface area (Å²) in [5.74, 6) is -0.208. The second-order valence-electron chi connectivity index (χ2n) is 5.07. The maximum atomic E-state index is 13.8. The van der Waals surface area contributed by atoms with Gasteiger partial charge < -0.3 is 5.73 Å². The maximum Gasteiger partial charge on any atom is 0.131 e. The minimum atomic E-state index is -0.249. The molecule has 3 aromatic carbocycles. The molecule has 100 valence electrons. The minimum Gasteiger partial charge on any atom is -0.320 e. The van der Waals surface area contributed by atoms with E-state index in [4.69, 9.17) is 5.73 Å². The molecule has 1 nitrogen and oxygen atoms in total. The Morgan fingerprint density at radius 3 is 2.20 bits per heavy atom. The maximum absolute atomic E-state index is 13.8. The molecule has 20 heavy (non-hydrogen) atoms. The summed E-state index contributed by atoms with van der Waals surface area (Å²) in [4.78, 5) is 0. The Bertz CT molecular complexity index is 747. The van der Waals surface area contributed by atoms with Crippen molar-refractivity contribution in [3.63, 3.8) is 0 Å². The van der Waals surface area contributed by atoms with E-state index in [9.17, 15) is 4.39 Å². The van der Waals surface area contributed by atoms with Crippen molar-refractivity contribution >= 4 is 10.8 Å². The first-order valence-corrected chi connectivity index (χ1v) is 6.66. The third-order valence-electron chi connectivity index (χ3n) is 3.68. The molecule has 3 rings (SSSR count). The van der Waals surface area contributed by atoms with Gasteiger partial charge in [-0.05, 0) is 29.5 Å². The minimum absolute atomic E-state index is 0.208. The fourth-order valence-corrected chi connectivity index (χ4v) is 2.51. The molecular formula is C18H16FN. The van der Waals surface area contributed by atoms with Crippen LogP contribution in [0.25, 0.3) is 10.8 Å². The van der Waals surface area contributed by atoms with Gasteiger partial charge in [-0.25, -0.2) is 4.39 Å².